The van der Waals surface area contributed by atoms with E-state index in [2.05, 4.69) is 62.5 Å². The van der Waals surface area contributed by atoms with Crippen LogP contribution in [0.15, 0.2) is 36.5 Å². The second-order valence-corrected chi connectivity index (χ2v) is 20.0. The van der Waals surface area contributed by atoms with E-state index in [-0.39, 0.29) is 24.9 Å². The summed E-state index contributed by atoms with van der Waals surface area (Å²) >= 11 is 0. The first kappa shape index (κ1) is 64.1. The van der Waals surface area contributed by atoms with Crippen molar-refractivity contribution in [2.24, 2.45) is 0 Å². The molecule has 0 aliphatic rings. The predicted molar refractivity (Wildman–Crippen MR) is 287 cm³/mol. The number of carbonyl (C=O) groups excluding carboxylic acids is 2. The minimum absolute atomic E-state index is 0.0678. The smallest absolute Gasteiger partial charge is 0.306 e. The van der Waals surface area contributed by atoms with Crippen molar-refractivity contribution in [2.75, 3.05) is 6.61 Å². The Balaban J connectivity index is 4.56. The van der Waals surface area contributed by atoms with Gasteiger partial charge in [-0.2, -0.15) is 0 Å². The molecule has 1 amide bonds. The molecule has 3 unspecified atom stereocenters. The molecule has 0 radical (unpaired) electrons. The third kappa shape index (κ3) is 48.5. The van der Waals surface area contributed by atoms with Gasteiger partial charge in [0.2, 0.25) is 5.91 Å². The summed E-state index contributed by atoms with van der Waals surface area (Å²) in [7, 11) is 0. The van der Waals surface area contributed by atoms with E-state index < -0.39 is 18.2 Å². The van der Waals surface area contributed by atoms with Crippen molar-refractivity contribution in [2.45, 2.75) is 328 Å². The SMILES string of the molecule is CCCCC/C=C\C/C=C\CCCCCCCC(CC(=O)NC(CO)C(O)CCCCCCCCCCCCCCCC)OC(=O)CCCCCCC/C=C/CCCCCCCCCCC. The van der Waals surface area contributed by atoms with Crippen LogP contribution in [-0.4, -0.2) is 46.9 Å². The Morgan fingerprint density at radius 2 is 0.773 bits per heavy atom. The number of esters is 1. The van der Waals surface area contributed by atoms with E-state index in [4.69, 9.17) is 4.74 Å². The second-order valence-electron chi connectivity index (χ2n) is 20.0. The fourth-order valence-corrected chi connectivity index (χ4v) is 8.99. The molecule has 0 rings (SSSR count). The number of aliphatic hydroxyl groups excluding tert-OH is 2. The van der Waals surface area contributed by atoms with Gasteiger partial charge in [-0.05, 0) is 83.5 Å². The van der Waals surface area contributed by atoms with Crippen molar-refractivity contribution in [1.82, 2.24) is 5.32 Å². The van der Waals surface area contributed by atoms with Crippen LogP contribution in [0, 0.1) is 0 Å². The van der Waals surface area contributed by atoms with Gasteiger partial charge >= 0.3 is 5.97 Å². The molecule has 0 aromatic rings. The van der Waals surface area contributed by atoms with E-state index in [0.29, 0.717) is 19.3 Å². The summed E-state index contributed by atoms with van der Waals surface area (Å²) in [5.74, 6) is -0.483. The number of carbonyl (C=O) groups is 2. The molecule has 0 fully saturated rings. The average Bonchev–Trinajstić information content (AvgIpc) is 3.31. The molecule has 0 saturated carbocycles. The molecule has 388 valence electrons. The molecule has 0 heterocycles. The number of allylic oxidation sites excluding steroid dienone is 6. The number of hydrogen-bond donors (Lipinski definition) is 3. The number of amides is 1. The number of ether oxygens (including phenoxy) is 1. The fraction of sp³-hybridized carbons (Fsp3) is 0.867. The van der Waals surface area contributed by atoms with E-state index in [1.165, 1.54) is 186 Å². The van der Waals surface area contributed by atoms with Gasteiger partial charge in [-0.15, -0.1) is 0 Å². The molecule has 0 aromatic carbocycles. The van der Waals surface area contributed by atoms with E-state index in [1.54, 1.807) is 0 Å². The van der Waals surface area contributed by atoms with Crippen LogP contribution < -0.4 is 5.32 Å². The molecule has 6 heteroatoms. The highest BCUT2D eigenvalue weighted by Gasteiger charge is 2.24. The number of rotatable bonds is 53. The Hall–Kier alpha value is -1.92. The lowest BCUT2D eigenvalue weighted by Gasteiger charge is -2.24. The molecular weight excluding hydrogens is 815 g/mol. The minimum atomic E-state index is -0.792. The lowest BCUT2D eigenvalue weighted by molar-refractivity contribution is -0.151. The van der Waals surface area contributed by atoms with E-state index in [0.717, 1.165) is 77.0 Å². The number of nitrogens with one attached hydrogen (secondary N) is 1. The van der Waals surface area contributed by atoms with Crippen LogP contribution in [0.4, 0.5) is 0 Å². The zero-order valence-corrected chi connectivity index (χ0v) is 44.3. The summed E-state index contributed by atoms with van der Waals surface area (Å²) in [4.78, 5) is 26.3. The summed E-state index contributed by atoms with van der Waals surface area (Å²) in [5.41, 5.74) is 0. The van der Waals surface area contributed by atoms with Gasteiger partial charge in [-0.1, -0.05) is 250 Å². The summed E-state index contributed by atoms with van der Waals surface area (Å²) in [5, 5.41) is 23.9. The molecule has 3 N–H and O–H groups in total. The van der Waals surface area contributed by atoms with Gasteiger partial charge in [0.25, 0.3) is 0 Å². The first-order valence-corrected chi connectivity index (χ1v) is 29.2. The Morgan fingerprint density at radius 3 is 1.20 bits per heavy atom. The number of hydrogen-bond acceptors (Lipinski definition) is 5. The van der Waals surface area contributed by atoms with Gasteiger partial charge in [0.15, 0.2) is 0 Å². The summed E-state index contributed by atoms with van der Waals surface area (Å²) in [6.45, 7) is 6.49. The van der Waals surface area contributed by atoms with Crippen LogP contribution in [0.2, 0.25) is 0 Å². The maximum absolute atomic E-state index is 13.3. The van der Waals surface area contributed by atoms with Crippen molar-refractivity contribution in [3.63, 3.8) is 0 Å². The normalized spacial score (nSPS) is 13.3. The zero-order chi connectivity index (χ0) is 48.1. The van der Waals surface area contributed by atoms with E-state index in [9.17, 15) is 19.8 Å². The van der Waals surface area contributed by atoms with Crippen LogP contribution in [-0.2, 0) is 14.3 Å². The molecule has 0 aromatic heterocycles. The molecule has 6 nitrogen and oxygen atoms in total. The molecule has 0 aliphatic heterocycles. The van der Waals surface area contributed by atoms with Crippen molar-refractivity contribution < 1.29 is 24.5 Å². The zero-order valence-electron chi connectivity index (χ0n) is 44.3. The standard InChI is InChI=1S/C60H113NO5/c1-4-7-10-13-16-19-22-25-28-29-30-32-35-38-41-44-47-50-53-60(65)66-56(51-48-45-42-39-36-33-31-26-23-20-17-14-11-8-5-2)54-59(64)61-57(55-62)58(63)52-49-46-43-40-37-34-27-24-21-18-15-12-9-6-3/h17,20,26,30-32,56-58,62-63H,4-16,18-19,21-25,27-29,33-55H2,1-3H3,(H,61,64)/b20-17-,31-26-,32-30+. The maximum atomic E-state index is 13.3. The molecule has 0 spiro atoms. The van der Waals surface area contributed by atoms with Crippen LogP contribution >= 0.6 is 0 Å². The molecule has 0 aliphatic carbocycles. The van der Waals surface area contributed by atoms with Gasteiger partial charge in [0.1, 0.15) is 6.10 Å². The van der Waals surface area contributed by atoms with Crippen LogP contribution in [0.3, 0.4) is 0 Å². The molecule has 0 saturated heterocycles. The Kier molecular flexibility index (Phi) is 52.5. The monoisotopic (exact) mass is 928 g/mol. The Labute approximate surface area is 411 Å². The average molecular weight is 929 g/mol. The molecule has 0 bridgehead atoms. The van der Waals surface area contributed by atoms with Crippen molar-refractivity contribution in [1.29, 1.82) is 0 Å². The summed E-state index contributed by atoms with van der Waals surface area (Å²) in [6.07, 6.45) is 64.9. The lowest BCUT2D eigenvalue weighted by atomic mass is 10.0. The summed E-state index contributed by atoms with van der Waals surface area (Å²) < 4.78 is 5.96. The Bertz CT molecular complexity index is 1090. The van der Waals surface area contributed by atoms with Crippen molar-refractivity contribution in [3.8, 4) is 0 Å². The number of aliphatic hydroxyl groups is 2. The highest BCUT2D eigenvalue weighted by molar-refractivity contribution is 5.77. The van der Waals surface area contributed by atoms with Crippen LogP contribution in [0.25, 0.3) is 0 Å². The third-order valence-electron chi connectivity index (χ3n) is 13.4. The van der Waals surface area contributed by atoms with Gasteiger partial charge in [0.05, 0.1) is 25.2 Å². The first-order chi connectivity index (χ1) is 32.5. The maximum Gasteiger partial charge on any atom is 0.306 e. The van der Waals surface area contributed by atoms with E-state index >= 15 is 0 Å². The first-order valence-electron chi connectivity index (χ1n) is 29.2. The predicted octanol–water partition coefficient (Wildman–Crippen LogP) is 18.0. The van der Waals surface area contributed by atoms with Gasteiger partial charge in [-0.25, -0.2) is 0 Å². The molecule has 3 atom stereocenters. The third-order valence-corrected chi connectivity index (χ3v) is 13.4. The number of unbranched alkanes of at least 4 members (excludes halogenated alkanes) is 35. The van der Waals surface area contributed by atoms with Gasteiger partial charge < -0.3 is 20.3 Å². The molecular formula is C60H113NO5. The highest BCUT2D eigenvalue weighted by Crippen LogP contribution is 2.18. The topological polar surface area (TPSA) is 95.9 Å². The van der Waals surface area contributed by atoms with Crippen LogP contribution in [0.1, 0.15) is 310 Å². The van der Waals surface area contributed by atoms with Crippen molar-refractivity contribution in [3.05, 3.63) is 36.5 Å². The second kappa shape index (κ2) is 54.0. The fourth-order valence-electron chi connectivity index (χ4n) is 8.99. The van der Waals surface area contributed by atoms with E-state index in [1.807, 2.05) is 0 Å². The Morgan fingerprint density at radius 1 is 0.439 bits per heavy atom. The molecule has 66 heavy (non-hydrogen) atoms. The largest absolute Gasteiger partial charge is 0.462 e. The lowest BCUT2D eigenvalue weighted by Crippen LogP contribution is -2.46. The van der Waals surface area contributed by atoms with Gasteiger partial charge in [0, 0.05) is 6.42 Å². The highest BCUT2D eigenvalue weighted by atomic mass is 16.5. The minimum Gasteiger partial charge on any atom is -0.462 e. The van der Waals surface area contributed by atoms with Crippen molar-refractivity contribution >= 4 is 11.9 Å². The van der Waals surface area contributed by atoms with Crippen LogP contribution in [0.5, 0.6) is 0 Å². The quantitative estimate of drug-likeness (QED) is 0.0321. The summed E-state index contributed by atoms with van der Waals surface area (Å²) in [6, 6.07) is -0.707. The van der Waals surface area contributed by atoms with Gasteiger partial charge in [-0.3, -0.25) is 9.59 Å².